The van der Waals surface area contributed by atoms with Crippen LogP contribution < -0.4 is 0 Å². The predicted molar refractivity (Wildman–Crippen MR) is 87.2 cm³/mol. The molecule has 2 nitrogen and oxygen atoms in total. The number of nitrogens with zero attached hydrogens (tertiary/aromatic N) is 1. The molecule has 0 aliphatic heterocycles. The van der Waals surface area contributed by atoms with E-state index in [1.807, 2.05) is 38.2 Å². The molecule has 0 aliphatic rings. The fourth-order valence-electron chi connectivity index (χ4n) is 2.35. The van der Waals surface area contributed by atoms with Gasteiger partial charge in [-0.2, -0.15) is 0 Å². The summed E-state index contributed by atoms with van der Waals surface area (Å²) in [5, 5.41) is 0. The van der Waals surface area contributed by atoms with Crippen LogP contribution in [0.1, 0.15) is 29.2 Å². The first-order chi connectivity index (χ1) is 10.1. The largest absolute Gasteiger partial charge is 0.341 e. The molecule has 0 unspecified atom stereocenters. The molecule has 0 saturated carbocycles. The highest BCUT2D eigenvalue weighted by atomic mass is 16.2. The maximum absolute atomic E-state index is 12.3. The van der Waals surface area contributed by atoms with Crippen molar-refractivity contribution in [2.75, 3.05) is 7.05 Å². The van der Waals surface area contributed by atoms with Gasteiger partial charge in [-0.1, -0.05) is 55.5 Å². The molecule has 0 aliphatic carbocycles. The van der Waals surface area contributed by atoms with Crippen molar-refractivity contribution in [3.63, 3.8) is 0 Å². The molecule has 0 heterocycles. The van der Waals surface area contributed by atoms with Crippen LogP contribution in [-0.4, -0.2) is 17.9 Å². The van der Waals surface area contributed by atoms with Gasteiger partial charge in [0.1, 0.15) is 0 Å². The predicted octanol–water partition coefficient (Wildman–Crippen LogP) is 3.76. The zero-order valence-electron chi connectivity index (χ0n) is 13.1. The molecule has 0 bridgehead atoms. The first-order valence-electron chi connectivity index (χ1n) is 7.46. The van der Waals surface area contributed by atoms with Gasteiger partial charge in [-0.05, 0) is 35.6 Å². The Balaban J connectivity index is 1.97. The van der Waals surface area contributed by atoms with E-state index in [1.165, 1.54) is 16.7 Å². The van der Waals surface area contributed by atoms with Crippen molar-refractivity contribution in [1.29, 1.82) is 0 Å². The smallest absolute Gasteiger partial charge is 0.227 e. The van der Waals surface area contributed by atoms with Crippen LogP contribution >= 0.6 is 0 Å². The molecule has 1 amide bonds. The second kappa shape index (κ2) is 7.07. The Morgan fingerprint density at radius 1 is 1.00 bits per heavy atom. The van der Waals surface area contributed by atoms with Crippen molar-refractivity contribution in [2.24, 2.45) is 0 Å². The fraction of sp³-hybridized carbons (Fsp3) is 0.316. The Morgan fingerprint density at radius 2 is 1.62 bits per heavy atom. The SMILES string of the molecule is CCc1ccc(CN(C)C(=O)Cc2ccccc2C)cc1. The molecule has 0 N–H and O–H groups in total. The highest BCUT2D eigenvalue weighted by Crippen LogP contribution is 2.11. The molecule has 110 valence electrons. The van der Waals surface area contributed by atoms with Crippen LogP contribution in [0.5, 0.6) is 0 Å². The van der Waals surface area contributed by atoms with Gasteiger partial charge >= 0.3 is 0 Å². The van der Waals surface area contributed by atoms with Crippen molar-refractivity contribution in [1.82, 2.24) is 4.90 Å². The molecule has 0 fully saturated rings. The van der Waals surface area contributed by atoms with Crippen LogP contribution in [0.3, 0.4) is 0 Å². The Bertz CT molecular complexity index is 601. The quantitative estimate of drug-likeness (QED) is 0.817. The monoisotopic (exact) mass is 281 g/mol. The second-order valence-electron chi connectivity index (χ2n) is 5.52. The van der Waals surface area contributed by atoms with Gasteiger partial charge < -0.3 is 4.90 Å². The number of aryl methyl sites for hydroxylation is 2. The van der Waals surface area contributed by atoms with Crippen LogP contribution in [-0.2, 0) is 24.2 Å². The van der Waals surface area contributed by atoms with Crippen molar-refractivity contribution in [3.8, 4) is 0 Å². The van der Waals surface area contributed by atoms with Gasteiger partial charge in [0.15, 0.2) is 0 Å². The van der Waals surface area contributed by atoms with E-state index in [-0.39, 0.29) is 5.91 Å². The summed E-state index contributed by atoms with van der Waals surface area (Å²) in [6.07, 6.45) is 1.51. The summed E-state index contributed by atoms with van der Waals surface area (Å²) in [6.45, 7) is 4.85. The number of amides is 1. The second-order valence-corrected chi connectivity index (χ2v) is 5.52. The summed E-state index contributed by atoms with van der Waals surface area (Å²) >= 11 is 0. The minimum Gasteiger partial charge on any atom is -0.341 e. The van der Waals surface area contributed by atoms with Gasteiger partial charge in [0.2, 0.25) is 5.91 Å². The van der Waals surface area contributed by atoms with Crippen LogP contribution in [0.4, 0.5) is 0 Å². The molecular weight excluding hydrogens is 258 g/mol. The summed E-state index contributed by atoms with van der Waals surface area (Å²) in [7, 11) is 1.87. The number of carbonyl (C=O) groups excluding carboxylic acids is 1. The molecule has 0 radical (unpaired) electrons. The van der Waals surface area contributed by atoms with E-state index in [0.717, 1.165) is 12.0 Å². The Kier molecular flexibility index (Phi) is 5.15. The number of benzene rings is 2. The number of carbonyl (C=O) groups is 1. The van der Waals surface area contributed by atoms with E-state index < -0.39 is 0 Å². The first kappa shape index (κ1) is 15.3. The Hall–Kier alpha value is -2.09. The van der Waals surface area contributed by atoms with E-state index in [1.54, 1.807) is 4.90 Å². The number of likely N-dealkylation sites (N-methyl/N-ethyl adjacent to an activating group) is 1. The number of hydrogen-bond donors (Lipinski definition) is 0. The lowest BCUT2D eigenvalue weighted by Crippen LogP contribution is -2.27. The molecule has 0 spiro atoms. The van der Waals surface area contributed by atoms with Gasteiger partial charge in [0, 0.05) is 13.6 Å². The van der Waals surface area contributed by atoms with Crippen molar-refractivity contribution in [2.45, 2.75) is 33.2 Å². The number of rotatable bonds is 5. The zero-order chi connectivity index (χ0) is 15.2. The van der Waals surface area contributed by atoms with Crippen LogP contribution in [0, 0.1) is 6.92 Å². The molecule has 0 saturated heterocycles. The zero-order valence-corrected chi connectivity index (χ0v) is 13.1. The summed E-state index contributed by atoms with van der Waals surface area (Å²) < 4.78 is 0. The third kappa shape index (κ3) is 4.19. The molecule has 0 atom stereocenters. The summed E-state index contributed by atoms with van der Waals surface area (Å²) in [5.74, 6) is 0.156. The summed E-state index contributed by atoms with van der Waals surface area (Å²) in [4.78, 5) is 14.1. The van der Waals surface area contributed by atoms with Gasteiger partial charge in [0.05, 0.1) is 6.42 Å². The summed E-state index contributed by atoms with van der Waals surface area (Å²) in [6, 6.07) is 16.5. The van der Waals surface area contributed by atoms with E-state index in [4.69, 9.17) is 0 Å². The molecule has 0 aromatic heterocycles. The highest BCUT2D eigenvalue weighted by Gasteiger charge is 2.11. The first-order valence-corrected chi connectivity index (χ1v) is 7.46. The molecular formula is C19H23NO. The average Bonchev–Trinajstić information content (AvgIpc) is 2.50. The van der Waals surface area contributed by atoms with Crippen LogP contribution in [0.2, 0.25) is 0 Å². The van der Waals surface area contributed by atoms with E-state index >= 15 is 0 Å². The van der Waals surface area contributed by atoms with E-state index in [0.29, 0.717) is 13.0 Å². The van der Waals surface area contributed by atoms with Crippen molar-refractivity contribution >= 4 is 5.91 Å². The Labute approximate surface area is 127 Å². The van der Waals surface area contributed by atoms with E-state index in [2.05, 4.69) is 31.2 Å². The van der Waals surface area contributed by atoms with Crippen molar-refractivity contribution in [3.05, 3.63) is 70.8 Å². The lowest BCUT2D eigenvalue weighted by Gasteiger charge is -2.18. The lowest BCUT2D eigenvalue weighted by atomic mass is 10.1. The average molecular weight is 281 g/mol. The van der Waals surface area contributed by atoms with Crippen LogP contribution in [0.15, 0.2) is 48.5 Å². The molecule has 2 rings (SSSR count). The highest BCUT2D eigenvalue weighted by molar-refractivity contribution is 5.78. The van der Waals surface area contributed by atoms with Gasteiger partial charge in [-0.15, -0.1) is 0 Å². The minimum atomic E-state index is 0.156. The van der Waals surface area contributed by atoms with Gasteiger partial charge in [0.25, 0.3) is 0 Å². The van der Waals surface area contributed by atoms with Gasteiger partial charge in [-0.25, -0.2) is 0 Å². The van der Waals surface area contributed by atoms with Crippen molar-refractivity contribution < 1.29 is 4.79 Å². The lowest BCUT2D eigenvalue weighted by molar-refractivity contribution is -0.129. The third-order valence-electron chi connectivity index (χ3n) is 3.88. The standard InChI is InChI=1S/C19H23NO/c1-4-16-9-11-17(12-10-16)14-20(3)19(21)13-18-8-6-5-7-15(18)2/h5-12H,4,13-14H2,1-3H3. The topological polar surface area (TPSA) is 20.3 Å². The number of hydrogen-bond acceptors (Lipinski definition) is 1. The maximum Gasteiger partial charge on any atom is 0.227 e. The maximum atomic E-state index is 12.3. The summed E-state index contributed by atoms with van der Waals surface area (Å²) in [5.41, 5.74) is 4.78. The third-order valence-corrected chi connectivity index (χ3v) is 3.88. The Morgan fingerprint density at radius 3 is 2.24 bits per heavy atom. The molecule has 2 aromatic rings. The van der Waals surface area contributed by atoms with Gasteiger partial charge in [-0.3, -0.25) is 4.79 Å². The normalized spacial score (nSPS) is 10.4. The molecule has 21 heavy (non-hydrogen) atoms. The fourth-order valence-corrected chi connectivity index (χ4v) is 2.35. The molecule has 2 aromatic carbocycles. The van der Waals surface area contributed by atoms with Crippen LogP contribution in [0.25, 0.3) is 0 Å². The minimum absolute atomic E-state index is 0.156. The van der Waals surface area contributed by atoms with E-state index in [9.17, 15) is 4.79 Å². The molecule has 2 heteroatoms.